The number of hydrogen-bond acceptors (Lipinski definition) is 3. The number of nitrogens with one attached hydrogen (secondary N) is 1. The van der Waals surface area contributed by atoms with Gasteiger partial charge in [-0.2, -0.15) is 0 Å². The Bertz CT molecular complexity index is 451. The largest absolute Gasteiger partial charge is 0.370 e. The quantitative estimate of drug-likeness (QED) is 0.901. The molecule has 19 heavy (non-hydrogen) atoms. The van der Waals surface area contributed by atoms with Crippen LogP contribution in [-0.4, -0.2) is 44.5 Å². The van der Waals surface area contributed by atoms with Gasteiger partial charge >= 0.3 is 0 Å². The summed E-state index contributed by atoms with van der Waals surface area (Å²) in [5.74, 6) is 0.0364. The van der Waals surface area contributed by atoms with E-state index in [4.69, 9.17) is 0 Å². The van der Waals surface area contributed by atoms with E-state index in [0.29, 0.717) is 6.54 Å². The van der Waals surface area contributed by atoms with Gasteiger partial charge in [0.2, 0.25) is 5.91 Å². The van der Waals surface area contributed by atoms with Crippen LogP contribution in [0, 0.1) is 6.92 Å². The van der Waals surface area contributed by atoms with Gasteiger partial charge in [0.25, 0.3) is 0 Å². The first kappa shape index (κ1) is 13.9. The second-order valence-corrected chi connectivity index (χ2v) is 5.50. The van der Waals surface area contributed by atoms with Gasteiger partial charge in [0.1, 0.15) is 0 Å². The van der Waals surface area contributed by atoms with Gasteiger partial charge in [-0.15, -0.1) is 0 Å². The van der Waals surface area contributed by atoms with E-state index in [1.165, 1.54) is 18.4 Å². The molecule has 1 aliphatic rings. The molecule has 0 spiro atoms. The molecular formula is C15H23N3O. The number of carbonyl (C=O) groups is 1. The van der Waals surface area contributed by atoms with E-state index < -0.39 is 0 Å². The highest BCUT2D eigenvalue weighted by atomic mass is 16.2. The number of aryl methyl sites for hydroxylation is 1. The summed E-state index contributed by atoms with van der Waals surface area (Å²) in [4.78, 5) is 16.1. The predicted molar refractivity (Wildman–Crippen MR) is 79.8 cm³/mol. The van der Waals surface area contributed by atoms with Gasteiger partial charge in [-0.3, -0.25) is 4.79 Å². The normalized spacial score (nSPS) is 15.1. The van der Waals surface area contributed by atoms with Crippen LogP contribution in [-0.2, 0) is 4.79 Å². The summed E-state index contributed by atoms with van der Waals surface area (Å²) >= 11 is 0. The minimum Gasteiger partial charge on any atom is -0.370 e. The summed E-state index contributed by atoms with van der Waals surface area (Å²) < 4.78 is 0. The lowest BCUT2D eigenvalue weighted by Crippen LogP contribution is -2.28. The molecule has 0 atom stereocenters. The monoisotopic (exact) mass is 261 g/mol. The standard InChI is InChI=1S/C15H23N3O/c1-12-6-7-13(16-15(19)11-17(2)3)14(10-12)18-8-4-5-9-18/h6-7,10H,4-5,8-9,11H2,1-3H3,(H,16,19). The van der Waals surface area contributed by atoms with Gasteiger partial charge in [-0.05, 0) is 51.6 Å². The Morgan fingerprint density at radius 1 is 1.32 bits per heavy atom. The van der Waals surface area contributed by atoms with E-state index in [-0.39, 0.29) is 5.91 Å². The summed E-state index contributed by atoms with van der Waals surface area (Å²) in [5.41, 5.74) is 3.32. The molecule has 1 aliphatic heterocycles. The molecule has 1 saturated heterocycles. The third kappa shape index (κ3) is 3.70. The zero-order valence-electron chi connectivity index (χ0n) is 12.1. The van der Waals surface area contributed by atoms with E-state index in [1.54, 1.807) is 0 Å². The number of carbonyl (C=O) groups excluding carboxylic acids is 1. The van der Waals surface area contributed by atoms with E-state index in [1.807, 2.05) is 31.1 Å². The highest BCUT2D eigenvalue weighted by Gasteiger charge is 2.17. The summed E-state index contributed by atoms with van der Waals surface area (Å²) in [6.07, 6.45) is 2.47. The molecule has 0 aromatic heterocycles. The van der Waals surface area contributed by atoms with Crippen LogP contribution in [0.4, 0.5) is 11.4 Å². The van der Waals surface area contributed by atoms with Crippen LogP contribution in [0.25, 0.3) is 0 Å². The van der Waals surface area contributed by atoms with Crippen molar-refractivity contribution in [2.75, 3.05) is 43.9 Å². The maximum Gasteiger partial charge on any atom is 0.238 e. The Balaban J connectivity index is 2.16. The second kappa shape index (κ2) is 6.06. The lowest BCUT2D eigenvalue weighted by molar-refractivity contribution is -0.116. The van der Waals surface area contributed by atoms with E-state index in [0.717, 1.165) is 24.5 Å². The first-order valence-corrected chi connectivity index (χ1v) is 6.86. The summed E-state index contributed by atoms with van der Waals surface area (Å²) in [7, 11) is 3.80. The van der Waals surface area contributed by atoms with Crippen molar-refractivity contribution in [3.05, 3.63) is 23.8 Å². The smallest absolute Gasteiger partial charge is 0.238 e. The third-order valence-electron chi connectivity index (χ3n) is 3.33. The molecule has 2 rings (SSSR count). The van der Waals surface area contributed by atoms with Gasteiger partial charge < -0.3 is 15.1 Å². The molecule has 0 bridgehead atoms. The van der Waals surface area contributed by atoms with Crippen molar-refractivity contribution >= 4 is 17.3 Å². The molecule has 0 radical (unpaired) electrons. The zero-order valence-corrected chi connectivity index (χ0v) is 12.1. The van der Waals surface area contributed by atoms with E-state index >= 15 is 0 Å². The number of amides is 1. The molecular weight excluding hydrogens is 238 g/mol. The van der Waals surface area contributed by atoms with Crippen molar-refractivity contribution in [3.63, 3.8) is 0 Å². The Kier molecular flexibility index (Phi) is 4.43. The molecule has 1 heterocycles. The van der Waals surface area contributed by atoms with Gasteiger partial charge in [-0.1, -0.05) is 6.07 Å². The zero-order chi connectivity index (χ0) is 13.8. The van der Waals surface area contributed by atoms with Crippen LogP contribution in [0.2, 0.25) is 0 Å². The number of likely N-dealkylation sites (N-methyl/N-ethyl adjacent to an activating group) is 1. The summed E-state index contributed by atoms with van der Waals surface area (Å²) in [6.45, 7) is 4.66. The maximum absolute atomic E-state index is 11.9. The topological polar surface area (TPSA) is 35.6 Å². The van der Waals surface area contributed by atoms with Crippen molar-refractivity contribution < 1.29 is 4.79 Å². The molecule has 0 aliphatic carbocycles. The number of nitrogens with zero attached hydrogens (tertiary/aromatic N) is 2. The van der Waals surface area contributed by atoms with Gasteiger partial charge in [0, 0.05) is 13.1 Å². The molecule has 104 valence electrons. The SMILES string of the molecule is Cc1ccc(NC(=O)CN(C)C)c(N2CCCC2)c1. The number of anilines is 2. The first-order valence-electron chi connectivity index (χ1n) is 6.86. The summed E-state index contributed by atoms with van der Waals surface area (Å²) in [6, 6.07) is 6.22. The van der Waals surface area contributed by atoms with Crippen molar-refractivity contribution in [2.45, 2.75) is 19.8 Å². The lowest BCUT2D eigenvalue weighted by atomic mass is 10.1. The molecule has 0 unspecified atom stereocenters. The number of benzene rings is 1. The van der Waals surface area contributed by atoms with Crippen LogP contribution in [0.15, 0.2) is 18.2 Å². The molecule has 1 fully saturated rings. The molecule has 1 aromatic rings. The van der Waals surface area contributed by atoms with Crippen LogP contribution in [0.5, 0.6) is 0 Å². The molecule has 4 nitrogen and oxygen atoms in total. The molecule has 1 amide bonds. The fourth-order valence-electron chi connectivity index (χ4n) is 2.44. The van der Waals surface area contributed by atoms with Crippen molar-refractivity contribution in [3.8, 4) is 0 Å². The minimum absolute atomic E-state index is 0.0364. The lowest BCUT2D eigenvalue weighted by Gasteiger charge is -2.22. The van der Waals surface area contributed by atoms with Crippen molar-refractivity contribution in [2.24, 2.45) is 0 Å². The maximum atomic E-state index is 11.9. The van der Waals surface area contributed by atoms with Crippen molar-refractivity contribution in [1.29, 1.82) is 0 Å². The molecule has 1 N–H and O–H groups in total. The van der Waals surface area contributed by atoms with E-state index in [9.17, 15) is 4.79 Å². The van der Waals surface area contributed by atoms with Crippen LogP contribution >= 0.6 is 0 Å². The average molecular weight is 261 g/mol. The molecule has 4 heteroatoms. The predicted octanol–water partition coefficient (Wildman–Crippen LogP) is 2.10. The number of rotatable bonds is 4. The average Bonchev–Trinajstić information content (AvgIpc) is 2.83. The number of hydrogen-bond donors (Lipinski definition) is 1. The molecule has 1 aromatic carbocycles. The Hall–Kier alpha value is -1.55. The first-order chi connectivity index (χ1) is 9.06. The van der Waals surface area contributed by atoms with Gasteiger partial charge in [0.15, 0.2) is 0 Å². The second-order valence-electron chi connectivity index (χ2n) is 5.50. The van der Waals surface area contributed by atoms with Gasteiger partial charge in [0.05, 0.1) is 17.9 Å². The van der Waals surface area contributed by atoms with Crippen LogP contribution < -0.4 is 10.2 Å². The highest BCUT2D eigenvalue weighted by Crippen LogP contribution is 2.29. The fraction of sp³-hybridized carbons (Fsp3) is 0.533. The minimum atomic E-state index is 0.0364. The Morgan fingerprint density at radius 2 is 2.00 bits per heavy atom. The summed E-state index contributed by atoms with van der Waals surface area (Å²) in [5, 5.41) is 3.02. The molecule has 0 saturated carbocycles. The van der Waals surface area contributed by atoms with Crippen LogP contribution in [0.3, 0.4) is 0 Å². The van der Waals surface area contributed by atoms with Gasteiger partial charge in [-0.25, -0.2) is 0 Å². The highest BCUT2D eigenvalue weighted by molar-refractivity contribution is 5.95. The Morgan fingerprint density at radius 3 is 2.63 bits per heavy atom. The fourth-order valence-corrected chi connectivity index (χ4v) is 2.44. The van der Waals surface area contributed by atoms with E-state index in [2.05, 4.69) is 23.2 Å². The Labute approximate surface area is 115 Å². The third-order valence-corrected chi connectivity index (χ3v) is 3.33. The van der Waals surface area contributed by atoms with Crippen LogP contribution in [0.1, 0.15) is 18.4 Å². The van der Waals surface area contributed by atoms with Crippen molar-refractivity contribution in [1.82, 2.24) is 4.90 Å².